The van der Waals surface area contributed by atoms with Crippen LogP contribution in [0.3, 0.4) is 0 Å². The number of amides is 2. The molecular weight excluding hydrogens is 532 g/mol. The number of halogens is 4. The Kier molecular flexibility index (Phi) is 8.59. The number of thioether (sulfide) groups is 1. The molecule has 1 aliphatic rings. The number of benzene rings is 2. The third-order valence-corrected chi connectivity index (χ3v) is 6.58. The monoisotopic (exact) mass is 547 g/mol. The van der Waals surface area contributed by atoms with Crippen molar-refractivity contribution in [3.63, 3.8) is 0 Å². The number of hydrogen-bond donors (Lipinski definition) is 0. The average molecular weight is 549 g/mol. The molecule has 0 aromatic heterocycles. The Bertz CT molecular complexity index is 1130. The zero-order valence-electron chi connectivity index (χ0n) is 17.4. The summed E-state index contributed by atoms with van der Waals surface area (Å²) in [5, 5.41) is 0.795. The molecule has 0 aliphatic carbocycles. The van der Waals surface area contributed by atoms with E-state index in [4.69, 9.17) is 55.9 Å². The summed E-state index contributed by atoms with van der Waals surface area (Å²) in [7, 11) is 0. The minimum atomic E-state index is -1.04. The van der Waals surface area contributed by atoms with Crippen molar-refractivity contribution in [3.05, 3.63) is 66.5 Å². The molecule has 1 atom stereocenters. The molecule has 2 amide bonds. The van der Waals surface area contributed by atoms with E-state index < -0.39 is 23.2 Å². The van der Waals surface area contributed by atoms with Crippen LogP contribution in [-0.4, -0.2) is 34.7 Å². The summed E-state index contributed by atoms with van der Waals surface area (Å²) in [5.41, 5.74) is 1.18. The molecule has 0 radical (unpaired) electrons. The third-order valence-electron chi connectivity index (χ3n) is 4.54. The molecule has 1 heterocycles. The van der Waals surface area contributed by atoms with Gasteiger partial charge in [0.2, 0.25) is 0 Å². The van der Waals surface area contributed by atoms with Crippen molar-refractivity contribution in [3.8, 4) is 5.75 Å². The lowest BCUT2D eigenvalue weighted by atomic mass is 10.2. The second kappa shape index (κ2) is 11.0. The van der Waals surface area contributed by atoms with Crippen molar-refractivity contribution in [1.82, 2.24) is 4.90 Å². The van der Waals surface area contributed by atoms with Crippen LogP contribution in [0.5, 0.6) is 5.75 Å². The quantitative estimate of drug-likeness (QED) is 0.278. The van der Waals surface area contributed by atoms with Crippen LogP contribution in [0.15, 0.2) is 35.2 Å². The number of rotatable bonds is 7. The van der Waals surface area contributed by atoms with Gasteiger partial charge in [-0.25, -0.2) is 4.79 Å². The lowest BCUT2D eigenvalue weighted by Crippen LogP contribution is -2.42. The molecule has 0 saturated carbocycles. The van der Waals surface area contributed by atoms with Crippen molar-refractivity contribution in [1.29, 1.82) is 0 Å². The molecular formula is C22H17Cl4NO5S. The van der Waals surface area contributed by atoms with Crippen LogP contribution in [-0.2, 0) is 20.9 Å². The zero-order valence-corrected chi connectivity index (χ0v) is 21.2. The van der Waals surface area contributed by atoms with Crippen molar-refractivity contribution < 1.29 is 23.9 Å². The molecule has 1 saturated heterocycles. The van der Waals surface area contributed by atoms with Crippen molar-refractivity contribution in [2.24, 2.45) is 0 Å². The highest BCUT2D eigenvalue weighted by Gasteiger charge is 2.41. The fourth-order valence-electron chi connectivity index (χ4n) is 2.92. The summed E-state index contributed by atoms with van der Waals surface area (Å²) in [5.74, 6) is -1.02. The van der Waals surface area contributed by atoms with Gasteiger partial charge < -0.3 is 9.47 Å². The maximum Gasteiger partial charge on any atom is 0.329 e. The van der Waals surface area contributed by atoms with E-state index in [2.05, 4.69) is 0 Å². The number of nitrogens with zero attached hydrogens (tertiary/aromatic N) is 1. The number of imide groups is 1. The molecule has 174 valence electrons. The molecule has 0 bridgehead atoms. The van der Waals surface area contributed by atoms with Crippen LogP contribution in [0.25, 0.3) is 6.08 Å². The van der Waals surface area contributed by atoms with Crippen molar-refractivity contribution >= 4 is 81.4 Å². The van der Waals surface area contributed by atoms with Gasteiger partial charge in [0.05, 0.1) is 21.6 Å². The van der Waals surface area contributed by atoms with E-state index in [0.29, 0.717) is 32.9 Å². The Morgan fingerprint density at radius 3 is 2.36 bits per heavy atom. The average Bonchev–Trinajstić information content (AvgIpc) is 3.01. The van der Waals surface area contributed by atoms with Gasteiger partial charge >= 0.3 is 5.97 Å². The van der Waals surface area contributed by atoms with Gasteiger partial charge in [0.15, 0.2) is 5.75 Å². The van der Waals surface area contributed by atoms with E-state index in [1.807, 2.05) is 0 Å². The van der Waals surface area contributed by atoms with Gasteiger partial charge in [-0.3, -0.25) is 14.5 Å². The highest BCUT2D eigenvalue weighted by atomic mass is 35.5. The molecule has 11 heteroatoms. The molecule has 33 heavy (non-hydrogen) atoms. The summed E-state index contributed by atoms with van der Waals surface area (Å²) in [4.78, 5) is 38.0. The van der Waals surface area contributed by atoms with E-state index >= 15 is 0 Å². The number of hydrogen-bond acceptors (Lipinski definition) is 6. The smallest absolute Gasteiger partial charge is 0.329 e. The van der Waals surface area contributed by atoms with Gasteiger partial charge in [0.1, 0.15) is 12.6 Å². The Balaban J connectivity index is 1.78. The zero-order chi connectivity index (χ0) is 24.3. The lowest BCUT2D eigenvalue weighted by molar-refractivity contribution is -0.150. The van der Waals surface area contributed by atoms with Crippen LogP contribution in [0.1, 0.15) is 25.0 Å². The minimum Gasteiger partial charge on any atom is -0.486 e. The van der Waals surface area contributed by atoms with E-state index in [1.165, 1.54) is 13.0 Å². The lowest BCUT2D eigenvalue weighted by Gasteiger charge is -2.19. The highest BCUT2D eigenvalue weighted by molar-refractivity contribution is 8.18. The Morgan fingerprint density at radius 1 is 1.09 bits per heavy atom. The maximum atomic E-state index is 12.7. The van der Waals surface area contributed by atoms with E-state index in [9.17, 15) is 14.4 Å². The van der Waals surface area contributed by atoms with Crippen molar-refractivity contribution in [2.75, 3.05) is 6.61 Å². The first-order valence-corrected chi connectivity index (χ1v) is 11.9. The van der Waals surface area contributed by atoms with Crippen LogP contribution < -0.4 is 4.74 Å². The second-order valence-electron chi connectivity index (χ2n) is 6.82. The van der Waals surface area contributed by atoms with Gasteiger partial charge in [-0.15, -0.1) is 0 Å². The van der Waals surface area contributed by atoms with Crippen LogP contribution in [0.2, 0.25) is 20.1 Å². The highest BCUT2D eigenvalue weighted by Crippen LogP contribution is 2.38. The Morgan fingerprint density at radius 2 is 1.76 bits per heavy atom. The fourth-order valence-corrected chi connectivity index (χ4v) is 4.91. The number of ether oxygens (including phenoxy) is 2. The van der Waals surface area contributed by atoms with Gasteiger partial charge in [-0.2, -0.15) is 0 Å². The Hall–Kier alpha value is -1.90. The summed E-state index contributed by atoms with van der Waals surface area (Å²) in [6, 6.07) is 7.09. The molecule has 0 N–H and O–H groups in total. The molecule has 0 spiro atoms. The van der Waals surface area contributed by atoms with E-state index in [0.717, 1.165) is 4.90 Å². The summed E-state index contributed by atoms with van der Waals surface area (Å²) in [6.45, 7) is 3.33. The van der Waals surface area contributed by atoms with Gasteiger partial charge in [-0.1, -0.05) is 52.5 Å². The molecule has 6 nitrogen and oxygen atoms in total. The van der Waals surface area contributed by atoms with Gasteiger partial charge in [0.25, 0.3) is 11.1 Å². The standard InChI is InChI=1S/C22H17Cl4NO5S/c1-3-31-21(29)11(2)27-20(28)18(33-22(27)30)8-12-6-16(25)19(17(26)7-12)32-10-13-4-5-14(23)9-15(13)24/h4-9,11H,3,10H2,1-2H3/b18-8+/t11-/m1/s1. The maximum absolute atomic E-state index is 12.7. The predicted octanol–water partition coefficient (Wildman–Crippen LogP) is 6.87. The third kappa shape index (κ3) is 5.97. The number of esters is 1. The summed E-state index contributed by atoms with van der Waals surface area (Å²) in [6.07, 6.45) is 1.47. The largest absolute Gasteiger partial charge is 0.486 e. The summed E-state index contributed by atoms with van der Waals surface area (Å²) < 4.78 is 10.6. The van der Waals surface area contributed by atoms with E-state index in [1.54, 1.807) is 37.3 Å². The van der Waals surface area contributed by atoms with Crippen LogP contribution >= 0.6 is 58.2 Å². The molecule has 1 aliphatic heterocycles. The molecule has 0 unspecified atom stereocenters. The normalized spacial score (nSPS) is 15.8. The summed E-state index contributed by atoms with van der Waals surface area (Å²) >= 11 is 25.5. The number of carbonyl (C=O) groups excluding carboxylic acids is 3. The van der Waals surface area contributed by atoms with Gasteiger partial charge in [-0.05, 0) is 61.5 Å². The molecule has 1 fully saturated rings. The first-order valence-electron chi connectivity index (χ1n) is 9.61. The van der Waals surface area contributed by atoms with E-state index in [-0.39, 0.29) is 33.9 Å². The van der Waals surface area contributed by atoms with Crippen LogP contribution in [0, 0.1) is 0 Å². The van der Waals surface area contributed by atoms with Crippen LogP contribution in [0.4, 0.5) is 4.79 Å². The molecule has 2 aromatic carbocycles. The predicted molar refractivity (Wildman–Crippen MR) is 131 cm³/mol. The molecule has 3 rings (SSSR count). The van der Waals surface area contributed by atoms with Crippen molar-refractivity contribution in [2.45, 2.75) is 26.5 Å². The first kappa shape index (κ1) is 25.7. The molecule has 2 aromatic rings. The first-order chi connectivity index (χ1) is 15.6. The topological polar surface area (TPSA) is 72.9 Å². The fraction of sp³-hybridized carbons (Fsp3) is 0.227. The second-order valence-corrected chi connectivity index (χ2v) is 9.47. The minimum absolute atomic E-state index is 0.111. The SMILES string of the molecule is CCOC(=O)[C@@H](C)N1C(=O)S/C(=C/c2cc(Cl)c(OCc3ccc(Cl)cc3Cl)c(Cl)c2)C1=O. The number of carbonyl (C=O) groups is 3. The Labute approximate surface area is 214 Å². The van der Waals surface area contributed by atoms with Gasteiger partial charge in [0, 0.05) is 15.6 Å².